The van der Waals surface area contributed by atoms with Gasteiger partial charge in [0.1, 0.15) is 0 Å². The first-order valence-electron chi connectivity index (χ1n) is 6.43. The number of amides is 1. The van der Waals surface area contributed by atoms with Gasteiger partial charge in [-0.2, -0.15) is 0 Å². The van der Waals surface area contributed by atoms with Gasteiger partial charge in [-0.1, -0.05) is 23.4 Å². The molecule has 0 bridgehead atoms. The average Bonchev–Trinajstić information content (AvgIpc) is 3.18. The highest BCUT2D eigenvalue weighted by molar-refractivity contribution is 7.99. The highest BCUT2D eigenvalue weighted by Gasteiger charge is 2.25. The third-order valence-corrected chi connectivity index (χ3v) is 4.27. The third-order valence-electron chi connectivity index (χ3n) is 3.03. The van der Waals surface area contributed by atoms with E-state index in [0.717, 1.165) is 10.8 Å². The Hall–Kier alpha value is -1.46. The number of nitrogens with zero attached hydrogens (tertiary/aromatic N) is 2. The lowest BCUT2D eigenvalue weighted by Crippen LogP contribution is -2.14. The van der Waals surface area contributed by atoms with Crippen LogP contribution in [-0.2, 0) is 4.79 Å². The summed E-state index contributed by atoms with van der Waals surface area (Å²) in [5, 5.41) is 4.41. The lowest BCUT2D eigenvalue weighted by Gasteiger charge is -2.06. The maximum absolute atomic E-state index is 11.9. The molecule has 1 aliphatic rings. The topological polar surface area (TPSA) is 46.9 Å². The average molecular weight is 308 g/mol. The molecule has 104 valence electrons. The van der Waals surface area contributed by atoms with Crippen molar-refractivity contribution in [1.82, 2.24) is 9.55 Å². The number of thioether (sulfide) groups is 1. The molecule has 0 atom stereocenters. The number of imidazole rings is 1. The van der Waals surface area contributed by atoms with Gasteiger partial charge in [0.05, 0.1) is 5.75 Å². The Bertz CT molecular complexity index is 607. The molecule has 3 rings (SSSR count). The van der Waals surface area contributed by atoms with Crippen LogP contribution >= 0.6 is 23.4 Å². The molecule has 2 aromatic rings. The number of rotatable bonds is 5. The van der Waals surface area contributed by atoms with E-state index in [0.29, 0.717) is 16.8 Å². The molecule has 0 saturated heterocycles. The van der Waals surface area contributed by atoms with Crippen molar-refractivity contribution in [2.24, 2.45) is 0 Å². The van der Waals surface area contributed by atoms with Crippen LogP contribution in [0, 0.1) is 0 Å². The van der Waals surface area contributed by atoms with E-state index in [-0.39, 0.29) is 5.91 Å². The molecule has 20 heavy (non-hydrogen) atoms. The van der Waals surface area contributed by atoms with E-state index in [1.807, 2.05) is 6.20 Å². The number of halogens is 1. The fraction of sp³-hybridized carbons (Fsp3) is 0.286. The maximum atomic E-state index is 11.9. The number of aromatic nitrogens is 2. The molecule has 0 unspecified atom stereocenters. The monoisotopic (exact) mass is 307 g/mol. The van der Waals surface area contributed by atoms with Crippen LogP contribution in [0.1, 0.15) is 18.9 Å². The molecule has 1 heterocycles. The Balaban J connectivity index is 1.54. The lowest BCUT2D eigenvalue weighted by molar-refractivity contribution is -0.113. The fourth-order valence-corrected chi connectivity index (χ4v) is 2.85. The zero-order chi connectivity index (χ0) is 13.9. The Kier molecular flexibility index (Phi) is 3.98. The zero-order valence-electron chi connectivity index (χ0n) is 10.8. The minimum Gasteiger partial charge on any atom is -0.325 e. The van der Waals surface area contributed by atoms with Gasteiger partial charge in [-0.15, -0.1) is 0 Å². The van der Waals surface area contributed by atoms with Gasteiger partial charge in [-0.25, -0.2) is 4.98 Å². The number of hydrogen-bond donors (Lipinski definition) is 1. The van der Waals surface area contributed by atoms with Gasteiger partial charge in [-0.3, -0.25) is 4.79 Å². The molecule has 1 aromatic heterocycles. The molecule has 1 aliphatic carbocycles. The number of benzene rings is 1. The summed E-state index contributed by atoms with van der Waals surface area (Å²) in [4.78, 5) is 16.2. The standard InChI is InChI=1S/C14H14ClN3OS/c15-10-1-3-11(4-2-10)17-13(19)9-20-14-16-7-8-18(14)12-5-6-12/h1-4,7-8,12H,5-6,9H2,(H,17,19). The number of anilines is 1. The number of carbonyl (C=O) groups excluding carboxylic acids is 1. The van der Waals surface area contributed by atoms with Crippen molar-refractivity contribution in [2.75, 3.05) is 11.1 Å². The summed E-state index contributed by atoms with van der Waals surface area (Å²) in [6.45, 7) is 0. The van der Waals surface area contributed by atoms with Crippen LogP contribution in [0.15, 0.2) is 41.8 Å². The molecular weight excluding hydrogens is 294 g/mol. The van der Waals surface area contributed by atoms with Gasteiger partial charge in [0.25, 0.3) is 0 Å². The zero-order valence-corrected chi connectivity index (χ0v) is 12.3. The number of hydrogen-bond acceptors (Lipinski definition) is 3. The van der Waals surface area contributed by atoms with E-state index >= 15 is 0 Å². The smallest absolute Gasteiger partial charge is 0.234 e. The van der Waals surface area contributed by atoms with E-state index in [1.54, 1.807) is 30.5 Å². The first-order chi connectivity index (χ1) is 9.72. The Labute approximate surface area is 126 Å². The summed E-state index contributed by atoms with van der Waals surface area (Å²) < 4.78 is 2.15. The first-order valence-corrected chi connectivity index (χ1v) is 7.80. The predicted octanol–water partition coefficient (Wildman–Crippen LogP) is 3.60. The van der Waals surface area contributed by atoms with Gasteiger partial charge in [0, 0.05) is 29.1 Å². The quantitative estimate of drug-likeness (QED) is 0.859. The summed E-state index contributed by atoms with van der Waals surface area (Å²) in [5.41, 5.74) is 0.755. The summed E-state index contributed by atoms with van der Waals surface area (Å²) in [6.07, 6.45) is 6.19. The minimum absolute atomic E-state index is 0.0392. The first kappa shape index (κ1) is 13.5. The molecule has 1 aromatic carbocycles. The molecule has 1 amide bonds. The van der Waals surface area contributed by atoms with Gasteiger partial charge < -0.3 is 9.88 Å². The van der Waals surface area contributed by atoms with E-state index in [4.69, 9.17) is 11.6 Å². The van der Waals surface area contributed by atoms with E-state index < -0.39 is 0 Å². The second-order valence-corrected chi connectivity index (χ2v) is 6.07. The molecule has 1 fully saturated rings. The van der Waals surface area contributed by atoms with Gasteiger partial charge >= 0.3 is 0 Å². The SMILES string of the molecule is O=C(CSc1nccn1C1CC1)Nc1ccc(Cl)cc1. The molecule has 1 saturated carbocycles. The summed E-state index contributed by atoms with van der Waals surface area (Å²) in [7, 11) is 0. The Morgan fingerprint density at radius 1 is 1.40 bits per heavy atom. The van der Waals surface area contributed by atoms with Crippen molar-refractivity contribution >= 4 is 35.0 Å². The van der Waals surface area contributed by atoms with Crippen molar-refractivity contribution in [2.45, 2.75) is 24.0 Å². The van der Waals surface area contributed by atoms with E-state index in [9.17, 15) is 4.79 Å². The number of nitrogens with one attached hydrogen (secondary N) is 1. The van der Waals surface area contributed by atoms with Crippen molar-refractivity contribution in [3.8, 4) is 0 Å². The van der Waals surface area contributed by atoms with Crippen molar-refractivity contribution < 1.29 is 4.79 Å². The van der Waals surface area contributed by atoms with Crippen molar-refractivity contribution in [1.29, 1.82) is 0 Å². The molecule has 0 spiro atoms. The number of carbonyl (C=O) groups is 1. The van der Waals surface area contributed by atoms with Crippen LogP contribution in [0.3, 0.4) is 0 Å². The fourth-order valence-electron chi connectivity index (χ4n) is 1.90. The molecule has 0 aliphatic heterocycles. The predicted molar refractivity (Wildman–Crippen MR) is 81.3 cm³/mol. The second kappa shape index (κ2) is 5.89. The second-order valence-electron chi connectivity index (χ2n) is 4.69. The summed E-state index contributed by atoms with van der Waals surface area (Å²) in [6, 6.07) is 7.67. The minimum atomic E-state index is -0.0392. The van der Waals surface area contributed by atoms with Crippen LogP contribution in [0.5, 0.6) is 0 Å². The van der Waals surface area contributed by atoms with Crippen LogP contribution in [0.25, 0.3) is 0 Å². The molecular formula is C14H14ClN3OS. The molecule has 0 radical (unpaired) electrons. The Morgan fingerprint density at radius 2 is 2.15 bits per heavy atom. The maximum Gasteiger partial charge on any atom is 0.234 e. The van der Waals surface area contributed by atoms with E-state index in [2.05, 4.69) is 14.9 Å². The van der Waals surface area contributed by atoms with Crippen molar-refractivity contribution in [3.05, 3.63) is 41.7 Å². The van der Waals surface area contributed by atoms with Crippen LogP contribution < -0.4 is 5.32 Å². The van der Waals surface area contributed by atoms with Crippen LogP contribution in [0.2, 0.25) is 5.02 Å². The van der Waals surface area contributed by atoms with Crippen molar-refractivity contribution in [3.63, 3.8) is 0 Å². The highest BCUT2D eigenvalue weighted by Crippen LogP contribution is 2.37. The molecule has 1 N–H and O–H groups in total. The summed E-state index contributed by atoms with van der Waals surface area (Å²) >= 11 is 7.27. The Morgan fingerprint density at radius 3 is 2.85 bits per heavy atom. The van der Waals surface area contributed by atoms with Gasteiger partial charge in [0.2, 0.25) is 5.91 Å². The largest absolute Gasteiger partial charge is 0.325 e. The van der Waals surface area contributed by atoms with Crippen LogP contribution in [-0.4, -0.2) is 21.2 Å². The van der Waals surface area contributed by atoms with E-state index in [1.165, 1.54) is 24.6 Å². The van der Waals surface area contributed by atoms with Gasteiger partial charge in [0.15, 0.2) is 5.16 Å². The van der Waals surface area contributed by atoms with Crippen LogP contribution in [0.4, 0.5) is 5.69 Å². The van der Waals surface area contributed by atoms with Gasteiger partial charge in [-0.05, 0) is 37.1 Å². The molecule has 6 heteroatoms. The highest BCUT2D eigenvalue weighted by atomic mass is 35.5. The lowest BCUT2D eigenvalue weighted by atomic mass is 10.3. The molecule has 4 nitrogen and oxygen atoms in total. The third kappa shape index (κ3) is 3.35. The summed E-state index contributed by atoms with van der Waals surface area (Å²) in [5.74, 6) is 0.314. The normalized spacial score (nSPS) is 14.2.